The third-order valence-corrected chi connectivity index (χ3v) is 16.4. The fourth-order valence-electron chi connectivity index (χ4n) is 11.3. The second-order valence-electron chi connectivity index (χ2n) is 20.9. The van der Waals surface area contributed by atoms with Gasteiger partial charge in [0.1, 0.15) is 34.8 Å². The van der Waals surface area contributed by atoms with Gasteiger partial charge in [-0.25, -0.2) is 4.79 Å². The summed E-state index contributed by atoms with van der Waals surface area (Å²) in [5.74, 6) is 0.192. The van der Waals surface area contributed by atoms with Gasteiger partial charge in [0.15, 0.2) is 0 Å². The van der Waals surface area contributed by atoms with Gasteiger partial charge in [0.2, 0.25) is 0 Å². The smallest absolute Gasteiger partial charge is 0.341 e. The molecule has 19 nitrogen and oxygen atoms in total. The summed E-state index contributed by atoms with van der Waals surface area (Å²) in [6.45, 7) is 12.1. The Morgan fingerprint density at radius 2 is 1.04 bits per heavy atom. The number of aromatic carboxylic acids is 1. The number of hydrogen-bond donors (Lipinski definition) is 5. The molecule has 0 aliphatic carbocycles. The summed E-state index contributed by atoms with van der Waals surface area (Å²) in [5, 5.41) is 12.2. The molecule has 4 bridgehead atoms. The Labute approximate surface area is 453 Å². The Balaban J connectivity index is 0.000000206. The van der Waals surface area contributed by atoms with Crippen LogP contribution in [0.2, 0.25) is 10.0 Å². The molecule has 8 aliphatic rings. The third kappa shape index (κ3) is 17.9. The first-order valence-electron chi connectivity index (χ1n) is 27.0. The first kappa shape index (κ1) is 60.1. The second-order valence-corrected chi connectivity index (χ2v) is 21.7. The fourth-order valence-corrected chi connectivity index (χ4v) is 11.9. The zero-order valence-corrected chi connectivity index (χ0v) is 46.1. The van der Waals surface area contributed by atoms with Crippen molar-refractivity contribution in [1.29, 1.82) is 0 Å². The van der Waals surface area contributed by atoms with E-state index in [4.69, 9.17) is 73.9 Å². The monoisotopic (exact) mass is 1090 g/mol. The van der Waals surface area contributed by atoms with Crippen LogP contribution in [0.4, 0.5) is 11.4 Å². The lowest BCUT2D eigenvalue weighted by molar-refractivity contribution is -0.159. The molecule has 420 valence electrons. The summed E-state index contributed by atoms with van der Waals surface area (Å²) in [5.41, 5.74) is 18.3. The fraction of sp³-hybridized carbons (Fsp3) is 0.704. The Morgan fingerprint density at radius 1 is 0.587 bits per heavy atom. The minimum Gasteiger partial charge on any atom is -0.496 e. The van der Waals surface area contributed by atoms with Crippen LogP contribution < -0.4 is 32.0 Å². The van der Waals surface area contributed by atoms with E-state index in [0.29, 0.717) is 41.8 Å². The quantitative estimate of drug-likeness (QED) is 0.0562. The molecule has 0 aromatic heterocycles. The van der Waals surface area contributed by atoms with Gasteiger partial charge in [0, 0.05) is 89.3 Å². The third-order valence-electron chi connectivity index (χ3n) is 15.8. The predicted octanol–water partition coefficient (Wildman–Crippen LogP) is 5.81. The number of benzene rings is 2. The number of rotatable bonds is 21. The maximum atomic E-state index is 13.0. The average molecular weight is 1090 g/mol. The summed E-state index contributed by atoms with van der Waals surface area (Å²) in [4.78, 5) is 57.7. The highest BCUT2D eigenvalue weighted by Crippen LogP contribution is 2.33. The standard InChI is InChI=1S/C27H41ClN4O5.C19H35N3O3.C8H8ClNO3/c1-35-22-15-19(29)14-20(28)26(22)27(34)30-21-9-13-31(17-24(21)36-2)10-5-3-4-6-25(33)37-23-16-32-11-7-18(23)8-12-32;1-24-18-14-21(12-8-16(18)20)9-4-2-3-5-19(23)25-17-13-22-10-6-15(17)7-11-22;1-13-6-3-4(10)2-5(9)7(6)8(11)12/h14-15,18,21,23-24H,3-13,16-17,29H2,1-2H3,(H,30,34);15-18H,2-14,20H2,1H3;2-3H,10H2,1H3,(H,11,12)/t21-,23?,24+;16-,17?,18+;/m11./s1. The van der Waals surface area contributed by atoms with E-state index < -0.39 is 5.97 Å². The number of carboxylic acids is 1. The first-order valence-corrected chi connectivity index (χ1v) is 27.7. The van der Waals surface area contributed by atoms with E-state index in [1.807, 2.05) is 0 Å². The number of amides is 1. The number of esters is 2. The van der Waals surface area contributed by atoms with Crippen molar-refractivity contribution in [3.05, 3.63) is 45.4 Å². The zero-order valence-electron chi connectivity index (χ0n) is 44.6. The van der Waals surface area contributed by atoms with Gasteiger partial charge in [0.05, 0.1) is 42.5 Å². The summed E-state index contributed by atoms with van der Waals surface area (Å²) in [7, 11) is 6.26. The van der Waals surface area contributed by atoms with Gasteiger partial charge in [-0.05, 0) is 134 Å². The van der Waals surface area contributed by atoms with E-state index in [1.165, 1.54) is 52.3 Å². The summed E-state index contributed by atoms with van der Waals surface area (Å²) in [6.07, 6.45) is 13.8. The number of nitrogens with one attached hydrogen (secondary N) is 1. The highest BCUT2D eigenvalue weighted by atomic mass is 35.5. The Kier molecular flexibility index (Phi) is 24.1. The van der Waals surface area contributed by atoms with Crippen molar-refractivity contribution in [3.8, 4) is 11.5 Å². The predicted molar refractivity (Wildman–Crippen MR) is 290 cm³/mol. The minimum absolute atomic E-state index is 0.00198. The Bertz CT molecular complexity index is 2160. The number of nitrogens with two attached hydrogens (primary N) is 3. The molecule has 0 radical (unpaired) electrons. The van der Waals surface area contributed by atoms with Gasteiger partial charge in [-0.2, -0.15) is 0 Å². The number of nitrogen functional groups attached to an aromatic ring is 2. The molecule has 6 atom stereocenters. The number of anilines is 2. The Morgan fingerprint density at radius 3 is 1.48 bits per heavy atom. The number of fused-ring (bicyclic) bond motifs is 6. The number of piperidine rings is 8. The second kappa shape index (κ2) is 30.1. The van der Waals surface area contributed by atoms with Crippen LogP contribution in [0.5, 0.6) is 11.5 Å². The molecule has 2 aromatic carbocycles. The highest BCUT2D eigenvalue weighted by Gasteiger charge is 2.38. The van der Waals surface area contributed by atoms with Gasteiger partial charge in [-0.1, -0.05) is 36.0 Å². The van der Waals surface area contributed by atoms with Crippen molar-refractivity contribution in [1.82, 2.24) is 24.9 Å². The number of halogens is 2. The van der Waals surface area contributed by atoms with Crippen LogP contribution >= 0.6 is 23.2 Å². The first-order chi connectivity index (χ1) is 36.1. The van der Waals surface area contributed by atoms with E-state index in [1.54, 1.807) is 26.4 Å². The van der Waals surface area contributed by atoms with Crippen molar-refractivity contribution < 1.29 is 52.7 Å². The highest BCUT2D eigenvalue weighted by molar-refractivity contribution is 6.35. The van der Waals surface area contributed by atoms with Gasteiger partial charge in [-0.3, -0.25) is 24.2 Å². The van der Waals surface area contributed by atoms with Crippen LogP contribution in [0, 0.1) is 11.8 Å². The number of hydrogen-bond acceptors (Lipinski definition) is 17. The average Bonchev–Trinajstić information content (AvgIpc) is 3.39. The number of carbonyl (C=O) groups excluding carboxylic acids is 3. The van der Waals surface area contributed by atoms with Crippen LogP contribution in [0.25, 0.3) is 0 Å². The van der Waals surface area contributed by atoms with E-state index in [2.05, 4.69) is 24.9 Å². The molecular formula is C54H84Cl2N8O11. The van der Waals surface area contributed by atoms with Crippen molar-refractivity contribution in [2.75, 3.05) is 118 Å². The molecule has 8 aliphatic heterocycles. The normalized spacial score (nSPS) is 27.2. The van der Waals surface area contributed by atoms with Crippen molar-refractivity contribution in [2.24, 2.45) is 17.6 Å². The summed E-state index contributed by atoms with van der Waals surface area (Å²) < 4.78 is 32.9. The number of likely N-dealkylation sites (tertiary alicyclic amines) is 2. The molecule has 2 unspecified atom stereocenters. The van der Waals surface area contributed by atoms with Crippen LogP contribution in [0.3, 0.4) is 0 Å². The molecule has 2 aromatic rings. The topological polar surface area (TPSA) is 247 Å². The van der Waals surface area contributed by atoms with Gasteiger partial charge < -0.3 is 65.8 Å². The van der Waals surface area contributed by atoms with E-state index in [0.717, 1.165) is 130 Å². The van der Waals surface area contributed by atoms with Crippen LogP contribution in [0.1, 0.15) is 111 Å². The molecule has 8 fully saturated rings. The van der Waals surface area contributed by atoms with Crippen molar-refractivity contribution in [2.45, 2.75) is 126 Å². The minimum atomic E-state index is -1.14. The number of ether oxygens (including phenoxy) is 6. The van der Waals surface area contributed by atoms with Gasteiger partial charge in [0.25, 0.3) is 5.91 Å². The molecule has 10 rings (SSSR count). The molecule has 0 saturated carbocycles. The van der Waals surface area contributed by atoms with Crippen LogP contribution in [0.15, 0.2) is 24.3 Å². The van der Waals surface area contributed by atoms with E-state index in [-0.39, 0.29) is 81.3 Å². The molecule has 21 heteroatoms. The summed E-state index contributed by atoms with van der Waals surface area (Å²) in [6, 6.07) is 5.96. The number of nitrogens with zero attached hydrogens (tertiary/aromatic N) is 4. The molecule has 75 heavy (non-hydrogen) atoms. The SMILES string of the molecule is CO[C@H]1CN(CCCCCC(=O)OC2CN3CCC2CC3)CC[C@H]1N.COc1cc(N)cc(Cl)c1C(=O)N[C@@H]1CCN(CCCCCC(=O)OC2CN3CCC2CC3)C[C@@H]1OC.COc1cc(N)cc(Cl)c1C(=O)O. The molecule has 0 spiro atoms. The van der Waals surface area contributed by atoms with Crippen molar-refractivity contribution in [3.63, 3.8) is 0 Å². The molecule has 8 N–H and O–H groups in total. The number of carbonyl (C=O) groups is 4. The van der Waals surface area contributed by atoms with E-state index in [9.17, 15) is 19.2 Å². The lowest BCUT2D eigenvalue weighted by atomic mass is 9.86. The summed E-state index contributed by atoms with van der Waals surface area (Å²) >= 11 is 12.0. The number of carboxylic acid groups (broad SMARTS) is 1. The van der Waals surface area contributed by atoms with Crippen LogP contribution in [-0.4, -0.2) is 192 Å². The Hall–Kier alpha value is -4.18. The zero-order chi connectivity index (χ0) is 54.0. The lowest BCUT2D eigenvalue weighted by Crippen LogP contribution is -2.55. The van der Waals surface area contributed by atoms with Gasteiger partial charge >= 0.3 is 17.9 Å². The molecular weight excluding hydrogens is 1010 g/mol. The van der Waals surface area contributed by atoms with Crippen molar-refractivity contribution >= 4 is 58.4 Å². The van der Waals surface area contributed by atoms with Crippen LogP contribution in [-0.2, 0) is 28.5 Å². The number of methoxy groups -OCH3 is 4. The largest absolute Gasteiger partial charge is 0.496 e. The molecule has 8 heterocycles. The molecule has 1 amide bonds. The maximum absolute atomic E-state index is 13.0. The number of unbranched alkanes of at least 4 members (excludes halogenated alkanes) is 4. The molecule has 8 saturated heterocycles. The van der Waals surface area contributed by atoms with Gasteiger partial charge in [-0.15, -0.1) is 0 Å². The van der Waals surface area contributed by atoms with E-state index >= 15 is 0 Å². The lowest BCUT2D eigenvalue weighted by Gasteiger charge is -2.43. The maximum Gasteiger partial charge on any atom is 0.341 e.